The van der Waals surface area contributed by atoms with E-state index in [4.69, 9.17) is 5.14 Å². The molecular weight excluding hydrogens is 264 g/mol. The number of primary sulfonamides is 1. The first kappa shape index (κ1) is 14.2. The molecule has 0 radical (unpaired) electrons. The van der Waals surface area contributed by atoms with Crippen molar-refractivity contribution in [2.75, 3.05) is 17.6 Å². The van der Waals surface area contributed by atoms with Crippen molar-refractivity contribution in [3.05, 3.63) is 17.1 Å². The lowest BCUT2D eigenvalue weighted by Gasteiger charge is -2.19. The summed E-state index contributed by atoms with van der Waals surface area (Å²) in [6.45, 7) is 2.43. The summed E-state index contributed by atoms with van der Waals surface area (Å²) in [5.74, 6) is 1.61. The normalized spacial score (nSPS) is 15.1. The molecule has 3 N–H and O–H groups in total. The van der Waals surface area contributed by atoms with E-state index in [0.717, 1.165) is 36.6 Å². The monoisotopic (exact) mass is 284 g/mol. The van der Waals surface area contributed by atoms with Gasteiger partial charge in [-0.05, 0) is 39.0 Å². The molecule has 0 spiro atoms. The molecule has 0 bridgehead atoms. The SMILES string of the molecule is Cc1nc2c(c(NCCCS(N)(=O)=O)n1)CCCC2. The minimum atomic E-state index is -3.38. The molecule has 0 atom stereocenters. The van der Waals surface area contributed by atoms with Crippen LogP contribution in [0.2, 0.25) is 0 Å². The maximum absolute atomic E-state index is 10.9. The molecule has 0 saturated carbocycles. The Hall–Kier alpha value is -1.21. The molecule has 1 aromatic heterocycles. The maximum Gasteiger partial charge on any atom is 0.209 e. The fourth-order valence-electron chi connectivity index (χ4n) is 2.34. The Morgan fingerprint density at radius 1 is 1.26 bits per heavy atom. The van der Waals surface area contributed by atoms with Gasteiger partial charge in [-0.1, -0.05) is 0 Å². The highest BCUT2D eigenvalue weighted by Gasteiger charge is 2.16. The van der Waals surface area contributed by atoms with Crippen molar-refractivity contribution < 1.29 is 8.42 Å². The molecule has 1 aliphatic rings. The summed E-state index contributed by atoms with van der Waals surface area (Å²) in [4.78, 5) is 8.89. The van der Waals surface area contributed by atoms with Crippen molar-refractivity contribution in [2.45, 2.75) is 39.0 Å². The third kappa shape index (κ3) is 4.14. The molecule has 1 heterocycles. The number of hydrogen-bond donors (Lipinski definition) is 2. The summed E-state index contributed by atoms with van der Waals surface area (Å²) >= 11 is 0. The Labute approximate surface area is 113 Å². The van der Waals surface area contributed by atoms with Crippen LogP contribution >= 0.6 is 0 Å². The van der Waals surface area contributed by atoms with Gasteiger partial charge in [0.15, 0.2) is 0 Å². The third-order valence-corrected chi connectivity index (χ3v) is 4.05. The molecule has 19 heavy (non-hydrogen) atoms. The summed E-state index contributed by atoms with van der Waals surface area (Å²) < 4.78 is 21.7. The average Bonchev–Trinajstić information content (AvgIpc) is 2.33. The molecule has 0 unspecified atom stereocenters. The fraction of sp³-hybridized carbons (Fsp3) is 0.667. The summed E-state index contributed by atoms with van der Waals surface area (Å²) in [6.07, 6.45) is 4.81. The molecular formula is C12H20N4O2S. The Morgan fingerprint density at radius 3 is 2.74 bits per heavy atom. The van der Waals surface area contributed by atoms with Crippen LogP contribution < -0.4 is 10.5 Å². The lowest BCUT2D eigenvalue weighted by Crippen LogP contribution is -2.20. The van der Waals surface area contributed by atoms with Crippen molar-refractivity contribution >= 4 is 15.8 Å². The molecule has 0 fully saturated rings. The van der Waals surface area contributed by atoms with Crippen LogP contribution in [0.15, 0.2) is 0 Å². The largest absolute Gasteiger partial charge is 0.370 e. The van der Waals surface area contributed by atoms with E-state index in [2.05, 4.69) is 15.3 Å². The van der Waals surface area contributed by atoms with Crippen molar-refractivity contribution in [3.8, 4) is 0 Å². The molecule has 1 aliphatic carbocycles. The number of hydrogen-bond acceptors (Lipinski definition) is 5. The molecule has 0 aromatic carbocycles. The van der Waals surface area contributed by atoms with Crippen molar-refractivity contribution in [1.82, 2.24) is 9.97 Å². The topological polar surface area (TPSA) is 98.0 Å². The van der Waals surface area contributed by atoms with E-state index >= 15 is 0 Å². The van der Waals surface area contributed by atoms with Crippen LogP contribution in [-0.2, 0) is 22.9 Å². The van der Waals surface area contributed by atoms with Crippen LogP contribution in [0, 0.1) is 6.92 Å². The van der Waals surface area contributed by atoms with Gasteiger partial charge in [-0.2, -0.15) is 0 Å². The number of nitrogens with zero attached hydrogens (tertiary/aromatic N) is 2. The summed E-state index contributed by atoms with van der Waals surface area (Å²) in [6, 6.07) is 0. The predicted octanol–water partition coefficient (Wildman–Crippen LogP) is 0.754. The minimum Gasteiger partial charge on any atom is -0.370 e. The van der Waals surface area contributed by atoms with E-state index in [0.29, 0.717) is 13.0 Å². The van der Waals surface area contributed by atoms with E-state index in [1.165, 1.54) is 12.0 Å². The maximum atomic E-state index is 10.9. The first-order valence-corrected chi connectivity index (χ1v) is 8.28. The highest BCUT2D eigenvalue weighted by molar-refractivity contribution is 7.89. The van der Waals surface area contributed by atoms with Crippen LogP contribution in [0.1, 0.15) is 36.3 Å². The van der Waals surface area contributed by atoms with Crippen molar-refractivity contribution in [1.29, 1.82) is 0 Å². The van der Waals surface area contributed by atoms with Gasteiger partial charge in [0, 0.05) is 17.8 Å². The molecule has 106 valence electrons. The smallest absolute Gasteiger partial charge is 0.209 e. The van der Waals surface area contributed by atoms with Crippen LogP contribution in [0.5, 0.6) is 0 Å². The fourth-order valence-corrected chi connectivity index (χ4v) is 2.89. The second kappa shape index (κ2) is 5.83. The van der Waals surface area contributed by atoms with Gasteiger partial charge < -0.3 is 5.32 Å². The van der Waals surface area contributed by atoms with E-state index in [1.54, 1.807) is 0 Å². The molecule has 0 amide bonds. The molecule has 0 aliphatic heterocycles. The quantitative estimate of drug-likeness (QED) is 0.778. The molecule has 6 nitrogen and oxygen atoms in total. The Morgan fingerprint density at radius 2 is 2.00 bits per heavy atom. The number of rotatable bonds is 5. The van der Waals surface area contributed by atoms with Gasteiger partial charge in [-0.15, -0.1) is 0 Å². The van der Waals surface area contributed by atoms with Gasteiger partial charge in [0.05, 0.1) is 5.75 Å². The van der Waals surface area contributed by atoms with Crippen LogP contribution in [0.4, 0.5) is 5.82 Å². The third-order valence-electron chi connectivity index (χ3n) is 3.19. The van der Waals surface area contributed by atoms with Gasteiger partial charge in [0.2, 0.25) is 10.0 Å². The van der Waals surface area contributed by atoms with E-state index in [1.807, 2.05) is 6.92 Å². The number of sulfonamides is 1. The van der Waals surface area contributed by atoms with Gasteiger partial charge in [0.1, 0.15) is 11.6 Å². The predicted molar refractivity (Wildman–Crippen MR) is 74.5 cm³/mol. The number of fused-ring (bicyclic) bond motifs is 1. The number of nitrogens with two attached hydrogens (primary N) is 1. The summed E-state index contributed by atoms with van der Waals surface area (Å²) in [5.41, 5.74) is 2.32. The molecule has 1 aromatic rings. The molecule has 7 heteroatoms. The number of anilines is 1. The molecule has 2 rings (SSSR count). The van der Waals surface area contributed by atoms with E-state index in [9.17, 15) is 8.42 Å². The number of aryl methyl sites for hydroxylation is 2. The zero-order chi connectivity index (χ0) is 13.9. The standard InChI is InChI=1S/C12H20N4O2S/c1-9-15-11-6-3-2-5-10(11)12(16-9)14-7-4-8-19(13,17)18/h2-8H2,1H3,(H2,13,17,18)(H,14,15,16). The van der Waals surface area contributed by atoms with Crippen LogP contribution in [0.3, 0.4) is 0 Å². The summed E-state index contributed by atoms with van der Waals surface area (Å²) in [7, 11) is -3.38. The summed E-state index contributed by atoms with van der Waals surface area (Å²) in [5, 5.41) is 8.18. The van der Waals surface area contributed by atoms with Crippen LogP contribution in [-0.4, -0.2) is 30.7 Å². The van der Waals surface area contributed by atoms with Gasteiger partial charge >= 0.3 is 0 Å². The van der Waals surface area contributed by atoms with Crippen molar-refractivity contribution in [2.24, 2.45) is 5.14 Å². The zero-order valence-electron chi connectivity index (χ0n) is 11.1. The first-order valence-electron chi connectivity index (χ1n) is 6.56. The second-order valence-electron chi connectivity index (χ2n) is 4.90. The van der Waals surface area contributed by atoms with Gasteiger partial charge in [-0.3, -0.25) is 0 Å². The Bertz CT molecular complexity index is 557. The molecule has 0 saturated heterocycles. The average molecular weight is 284 g/mol. The zero-order valence-corrected chi connectivity index (χ0v) is 12.0. The lowest BCUT2D eigenvalue weighted by molar-refractivity contribution is 0.595. The lowest BCUT2D eigenvalue weighted by atomic mass is 9.96. The van der Waals surface area contributed by atoms with Crippen molar-refractivity contribution in [3.63, 3.8) is 0 Å². The second-order valence-corrected chi connectivity index (χ2v) is 6.63. The Balaban J connectivity index is 2.02. The van der Waals surface area contributed by atoms with E-state index in [-0.39, 0.29) is 5.75 Å². The van der Waals surface area contributed by atoms with E-state index < -0.39 is 10.0 Å². The Kier molecular flexibility index (Phi) is 4.36. The van der Waals surface area contributed by atoms with Gasteiger partial charge in [0.25, 0.3) is 0 Å². The first-order chi connectivity index (χ1) is 8.96. The highest BCUT2D eigenvalue weighted by atomic mass is 32.2. The minimum absolute atomic E-state index is 0.00768. The number of nitrogens with one attached hydrogen (secondary N) is 1. The number of aromatic nitrogens is 2. The van der Waals surface area contributed by atoms with Gasteiger partial charge in [-0.25, -0.2) is 23.5 Å². The van der Waals surface area contributed by atoms with Crippen LogP contribution in [0.25, 0.3) is 0 Å². The highest BCUT2D eigenvalue weighted by Crippen LogP contribution is 2.25.